The van der Waals surface area contributed by atoms with Crippen molar-refractivity contribution < 1.29 is 14.7 Å². The Morgan fingerprint density at radius 1 is 1.35 bits per heavy atom. The van der Waals surface area contributed by atoms with Crippen molar-refractivity contribution in [2.75, 3.05) is 19.6 Å². The predicted molar refractivity (Wildman–Crippen MR) is 78.6 cm³/mol. The molecule has 0 aromatic carbocycles. The lowest BCUT2D eigenvalue weighted by Crippen LogP contribution is -2.48. The molecule has 1 heterocycles. The highest BCUT2D eigenvalue weighted by Gasteiger charge is 2.25. The van der Waals surface area contributed by atoms with Gasteiger partial charge in [-0.15, -0.1) is 0 Å². The Labute approximate surface area is 121 Å². The van der Waals surface area contributed by atoms with Crippen molar-refractivity contribution in [2.24, 2.45) is 0 Å². The molecule has 0 aromatic rings. The number of carbonyl (C=O) groups is 2. The molecule has 1 unspecified atom stereocenters. The molecule has 5 heteroatoms. The molecular formula is C15H28N2O3. The fourth-order valence-electron chi connectivity index (χ4n) is 2.69. The molecule has 1 saturated heterocycles. The summed E-state index contributed by atoms with van der Waals surface area (Å²) in [6, 6.07) is 0.595. The van der Waals surface area contributed by atoms with E-state index in [4.69, 9.17) is 5.11 Å². The van der Waals surface area contributed by atoms with Crippen molar-refractivity contribution >= 4 is 11.9 Å². The summed E-state index contributed by atoms with van der Waals surface area (Å²) >= 11 is 0. The van der Waals surface area contributed by atoms with Crippen LogP contribution in [-0.2, 0) is 9.59 Å². The number of carboxylic acids is 1. The summed E-state index contributed by atoms with van der Waals surface area (Å²) in [5.41, 5.74) is 0. The number of rotatable bonds is 7. The number of amides is 1. The highest BCUT2D eigenvalue weighted by Crippen LogP contribution is 2.17. The van der Waals surface area contributed by atoms with Gasteiger partial charge in [-0.2, -0.15) is 0 Å². The summed E-state index contributed by atoms with van der Waals surface area (Å²) in [7, 11) is 0. The van der Waals surface area contributed by atoms with Crippen molar-refractivity contribution in [1.29, 1.82) is 0 Å². The SMILES string of the molecule is CC(C)N(CCCC(=O)O)CC(=O)N1CCCCC1C. The number of aliphatic carboxylic acids is 1. The van der Waals surface area contributed by atoms with E-state index >= 15 is 0 Å². The van der Waals surface area contributed by atoms with Crippen LogP contribution >= 0.6 is 0 Å². The van der Waals surface area contributed by atoms with E-state index in [2.05, 4.69) is 11.8 Å². The number of likely N-dealkylation sites (tertiary alicyclic amines) is 1. The topological polar surface area (TPSA) is 60.9 Å². The zero-order chi connectivity index (χ0) is 15.1. The minimum atomic E-state index is -0.773. The van der Waals surface area contributed by atoms with Gasteiger partial charge in [-0.25, -0.2) is 0 Å². The number of hydrogen-bond donors (Lipinski definition) is 1. The second-order valence-corrected chi connectivity index (χ2v) is 5.99. The first kappa shape index (κ1) is 17.0. The van der Waals surface area contributed by atoms with Gasteiger partial charge in [-0.1, -0.05) is 0 Å². The lowest BCUT2D eigenvalue weighted by atomic mass is 10.0. The van der Waals surface area contributed by atoms with Gasteiger partial charge in [0.15, 0.2) is 0 Å². The zero-order valence-corrected chi connectivity index (χ0v) is 13.0. The molecule has 1 N–H and O–H groups in total. The van der Waals surface area contributed by atoms with E-state index in [1.54, 1.807) is 0 Å². The summed E-state index contributed by atoms with van der Waals surface area (Å²) in [6.45, 7) is 8.14. The first-order chi connectivity index (χ1) is 9.41. The molecule has 20 heavy (non-hydrogen) atoms. The van der Waals surface area contributed by atoms with Crippen LogP contribution in [0.15, 0.2) is 0 Å². The number of carboxylic acid groups (broad SMARTS) is 1. The summed E-state index contributed by atoms with van der Waals surface area (Å²) < 4.78 is 0. The molecule has 5 nitrogen and oxygen atoms in total. The van der Waals surface area contributed by atoms with Gasteiger partial charge in [0, 0.05) is 25.0 Å². The van der Waals surface area contributed by atoms with E-state index in [1.165, 1.54) is 6.42 Å². The molecule has 0 bridgehead atoms. The quantitative estimate of drug-likeness (QED) is 0.776. The van der Waals surface area contributed by atoms with Gasteiger partial charge in [0.1, 0.15) is 0 Å². The molecule has 0 spiro atoms. The normalized spacial score (nSPS) is 19.6. The largest absolute Gasteiger partial charge is 0.481 e. The van der Waals surface area contributed by atoms with Gasteiger partial charge in [-0.05, 0) is 53.0 Å². The number of carbonyl (C=O) groups excluding carboxylic acids is 1. The second kappa shape index (κ2) is 8.25. The molecule has 0 aliphatic carbocycles. The third-order valence-electron chi connectivity index (χ3n) is 4.03. The zero-order valence-electron chi connectivity index (χ0n) is 13.0. The van der Waals surface area contributed by atoms with Gasteiger partial charge in [0.2, 0.25) is 5.91 Å². The third-order valence-corrected chi connectivity index (χ3v) is 4.03. The molecule has 1 amide bonds. The van der Waals surface area contributed by atoms with E-state index in [9.17, 15) is 9.59 Å². The Bertz CT molecular complexity index is 331. The highest BCUT2D eigenvalue weighted by atomic mass is 16.4. The monoisotopic (exact) mass is 284 g/mol. The van der Waals surface area contributed by atoms with Gasteiger partial charge < -0.3 is 10.0 Å². The van der Waals surface area contributed by atoms with E-state index in [0.717, 1.165) is 19.4 Å². The van der Waals surface area contributed by atoms with Crippen LogP contribution in [0.4, 0.5) is 0 Å². The molecule has 0 aromatic heterocycles. The molecule has 0 radical (unpaired) electrons. The predicted octanol–water partition coefficient (Wildman–Crippen LogP) is 1.96. The molecule has 1 fully saturated rings. The molecule has 116 valence electrons. The van der Waals surface area contributed by atoms with Crippen LogP contribution in [0, 0.1) is 0 Å². The van der Waals surface area contributed by atoms with Crippen molar-refractivity contribution in [3.8, 4) is 0 Å². The highest BCUT2D eigenvalue weighted by molar-refractivity contribution is 5.78. The fourth-order valence-corrected chi connectivity index (χ4v) is 2.69. The summed E-state index contributed by atoms with van der Waals surface area (Å²) in [5.74, 6) is -0.592. The molecule has 1 atom stereocenters. The lowest BCUT2D eigenvalue weighted by molar-refractivity contribution is -0.137. The first-order valence-electron chi connectivity index (χ1n) is 7.67. The molecule has 1 aliphatic rings. The van der Waals surface area contributed by atoms with Crippen LogP contribution in [0.25, 0.3) is 0 Å². The van der Waals surface area contributed by atoms with Crippen LogP contribution in [-0.4, -0.2) is 58.5 Å². The average Bonchev–Trinajstić information content (AvgIpc) is 2.37. The maximum Gasteiger partial charge on any atom is 0.303 e. The van der Waals surface area contributed by atoms with Crippen molar-refractivity contribution in [1.82, 2.24) is 9.80 Å². The summed E-state index contributed by atoms with van der Waals surface area (Å²) in [6.07, 6.45) is 4.15. The van der Waals surface area contributed by atoms with Gasteiger partial charge in [-0.3, -0.25) is 14.5 Å². The van der Waals surface area contributed by atoms with Crippen LogP contribution in [0.2, 0.25) is 0 Å². The molecule has 1 rings (SSSR count). The Morgan fingerprint density at radius 2 is 2.05 bits per heavy atom. The second-order valence-electron chi connectivity index (χ2n) is 5.99. The number of hydrogen-bond acceptors (Lipinski definition) is 3. The van der Waals surface area contributed by atoms with Crippen molar-refractivity contribution in [2.45, 2.75) is 65.0 Å². The van der Waals surface area contributed by atoms with Crippen LogP contribution in [0.1, 0.15) is 52.9 Å². The number of piperidine rings is 1. The first-order valence-corrected chi connectivity index (χ1v) is 7.67. The van der Waals surface area contributed by atoms with Gasteiger partial charge in [0.25, 0.3) is 0 Å². The molecular weight excluding hydrogens is 256 g/mol. The Balaban J connectivity index is 2.47. The molecule has 0 saturated carbocycles. The third kappa shape index (κ3) is 5.49. The minimum Gasteiger partial charge on any atom is -0.481 e. The maximum atomic E-state index is 12.4. The Hall–Kier alpha value is -1.10. The van der Waals surface area contributed by atoms with E-state index in [1.807, 2.05) is 18.7 Å². The smallest absolute Gasteiger partial charge is 0.303 e. The maximum absolute atomic E-state index is 12.4. The van der Waals surface area contributed by atoms with E-state index < -0.39 is 5.97 Å². The van der Waals surface area contributed by atoms with Gasteiger partial charge >= 0.3 is 5.97 Å². The number of nitrogens with zero attached hydrogens (tertiary/aromatic N) is 2. The lowest BCUT2D eigenvalue weighted by Gasteiger charge is -2.36. The van der Waals surface area contributed by atoms with Crippen LogP contribution in [0.5, 0.6) is 0 Å². The van der Waals surface area contributed by atoms with E-state index in [0.29, 0.717) is 25.6 Å². The molecule has 1 aliphatic heterocycles. The summed E-state index contributed by atoms with van der Waals surface area (Å²) in [5, 5.41) is 8.69. The summed E-state index contributed by atoms with van der Waals surface area (Å²) in [4.78, 5) is 27.0. The Kier molecular flexibility index (Phi) is 6.99. The average molecular weight is 284 g/mol. The fraction of sp³-hybridized carbons (Fsp3) is 0.867. The van der Waals surface area contributed by atoms with E-state index in [-0.39, 0.29) is 18.4 Å². The standard InChI is InChI=1S/C15H28N2O3/c1-12(2)16(9-6-8-15(19)20)11-14(18)17-10-5-4-7-13(17)3/h12-13H,4-11H2,1-3H3,(H,19,20). The minimum absolute atomic E-state index is 0.164. The van der Waals surface area contributed by atoms with Gasteiger partial charge in [0.05, 0.1) is 6.54 Å². The Morgan fingerprint density at radius 3 is 2.60 bits per heavy atom. The van der Waals surface area contributed by atoms with Crippen molar-refractivity contribution in [3.05, 3.63) is 0 Å². The van der Waals surface area contributed by atoms with Crippen LogP contribution < -0.4 is 0 Å². The van der Waals surface area contributed by atoms with Crippen LogP contribution in [0.3, 0.4) is 0 Å². The van der Waals surface area contributed by atoms with Crippen molar-refractivity contribution in [3.63, 3.8) is 0 Å².